The standard InChI is InChI=1S/C17H19N/c1-6-15-9-7-8-10-16(15)17(18-5)14(4)12-11-13(2)3/h6-12H,1-2,4H2,3,5H3/b12-11-,18-17-. The lowest BCUT2D eigenvalue weighted by atomic mass is 9.97. The van der Waals surface area contributed by atoms with E-state index in [1.807, 2.05) is 49.4 Å². The molecule has 0 saturated carbocycles. The summed E-state index contributed by atoms with van der Waals surface area (Å²) < 4.78 is 0. The van der Waals surface area contributed by atoms with Crippen molar-refractivity contribution >= 4 is 11.8 Å². The molecule has 1 heteroatoms. The van der Waals surface area contributed by atoms with Gasteiger partial charge in [0.05, 0.1) is 5.71 Å². The molecule has 0 amide bonds. The molecule has 0 radical (unpaired) electrons. The maximum atomic E-state index is 4.33. The summed E-state index contributed by atoms with van der Waals surface area (Å²) in [5, 5.41) is 0. The van der Waals surface area contributed by atoms with Gasteiger partial charge in [0.15, 0.2) is 0 Å². The highest BCUT2D eigenvalue weighted by atomic mass is 14.7. The minimum absolute atomic E-state index is 0.870. The van der Waals surface area contributed by atoms with Crippen LogP contribution in [0.1, 0.15) is 18.1 Å². The number of hydrogen-bond donors (Lipinski definition) is 0. The van der Waals surface area contributed by atoms with Crippen molar-refractivity contribution in [1.82, 2.24) is 0 Å². The number of benzene rings is 1. The zero-order valence-electron chi connectivity index (χ0n) is 11.1. The highest BCUT2D eigenvalue weighted by Gasteiger charge is 2.07. The summed E-state index contributed by atoms with van der Waals surface area (Å²) >= 11 is 0. The lowest BCUT2D eigenvalue weighted by Crippen LogP contribution is -2.04. The third-order valence-electron chi connectivity index (χ3n) is 2.53. The van der Waals surface area contributed by atoms with Gasteiger partial charge in [0, 0.05) is 12.6 Å². The molecule has 0 aromatic heterocycles. The first-order chi connectivity index (χ1) is 8.60. The average Bonchev–Trinajstić information content (AvgIpc) is 2.37. The molecular formula is C17H19N. The van der Waals surface area contributed by atoms with Gasteiger partial charge < -0.3 is 0 Å². The Bertz CT molecular complexity index is 530. The van der Waals surface area contributed by atoms with Gasteiger partial charge in [-0.25, -0.2) is 0 Å². The van der Waals surface area contributed by atoms with Crippen molar-refractivity contribution in [3.63, 3.8) is 0 Å². The second-order valence-electron chi connectivity index (χ2n) is 4.07. The van der Waals surface area contributed by atoms with Crippen LogP contribution < -0.4 is 0 Å². The van der Waals surface area contributed by atoms with Crippen molar-refractivity contribution in [2.24, 2.45) is 4.99 Å². The normalized spacial score (nSPS) is 11.6. The summed E-state index contributed by atoms with van der Waals surface area (Å²) in [5.41, 5.74) is 4.84. The Morgan fingerprint density at radius 3 is 2.39 bits per heavy atom. The fourth-order valence-electron chi connectivity index (χ4n) is 1.65. The molecule has 0 aliphatic carbocycles. The van der Waals surface area contributed by atoms with Crippen LogP contribution in [0.4, 0.5) is 0 Å². The summed E-state index contributed by atoms with van der Waals surface area (Å²) in [6.07, 6.45) is 5.70. The molecule has 0 aliphatic rings. The van der Waals surface area contributed by atoms with Crippen molar-refractivity contribution in [3.05, 3.63) is 78.4 Å². The molecule has 1 rings (SSSR count). The lowest BCUT2D eigenvalue weighted by molar-refractivity contribution is 1.41. The van der Waals surface area contributed by atoms with Crippen LogP contribution in [0, 0.1) is 0 Å². The van der Waals surface area contributed by atoms with Crippen LogP contribution in [0.15, 0.2) is 72.3 Å². The number of hydrogen-bond acceptors (Lipinski definition) is 1. The van der Waals surface area contributed by atoms with Crippen LogP contribution in [0.25, 0.3) is 6.08 Å². The molecule has 92 valence electrons. The van der Waals surface area contributed by atoms with Gasteiger partial charge in [-0.05, 0) is 18.1 Å². The van der Waals surface area contributed by atoms with E-state index in [4.69, 9.17) is 0 Å². The highest BCUT2D eigenvalue weighted by Crippen LogP contribution is 2.16. The number of rotatable bonds is 5. The summed E-state index contributed by atoms with van der Waals surface area (Å²) in [6.45, 7) is 13.7. The number of allylic oxidation sites excluding steroid dienone is 4. The fourth-order valence-corrected chi connectivity index (χ4v) is 1.65. The Morgan fingerprint density at radius 1 is 1.17 bits per heavy atom. The minimum Gasteiger partial charge on any atom is -0.287 e. The van der Waals surface area contributed by atoms with Crippen LogP contribution in [-0.4, -0.2) is 12.8 Å². The quantitative estimate of drug-likeness (QED) is 0.530. The molecular weight excluding hydrogens is 218 g/mol. The first kappa shape index (κ1) is 13.9. The summed E-state index contributed by atoms with van der Waals surface area (Å²) in [6, 6.07) is 8.02. The second-order valence-corrected chi connectivity index (χ2v) is 4.07. The van der Waals surface area contributed by atoms with Crippen LogP contribution in [0.3, 0.4) is 0 Å². The van der Waals surface area contributed by atoms with Crippen molar-refractivity contribution in [2.45, 2.75) is 6.92 Å². The van der Waals surface area contributed by atoms with Crippen molar-refractivity contribution in [1.29, 1.82) is 0 Å². The van der Waals surface area contributed by atoms with Gasteiger partial charge in [-0.1, -0.05) is 67.8 Å². The SMILES string of the molecule is C=Cc1ccccc1/C(=N\C)C(=C)/C=C\C(=C)C. The summed E-state index contributed by atoms with van der Waals surface area (Å²) in [4.78, 5) is 4.33. The van der Waals surface area contributed by atoms with Gasteiger partial charge in [-0.15, -0.1) is 0 Å². The summed E-state index contributed by atoms with van der Waals surface area (Å²) in [7, 11) is 1.77. The van der Waals surface area contributed by atoms with Crippen LogP contribution in [0.5, 0.6) is 0 Å². The van der Waals surface area contributed by atoms with E-state index < -0.39 is 0 Å². The molecule has 0 saturated heterocycles. The Morgan fingerprint density at radius 2 is 1.83 bits per heavy atom. The highest BCUT2D eigenvalue weighted by molar-refractivity contribution is 6.15. The average molecular weight is 237 g/mol. The zero-order chi connectivity index (χ0) is 13.5. The van der Waals surface area contributed by atoms with Crippen molar-refractivity contribution < 1.29 is 0 Å². The van der Waals surface area contributed by atoms with Crippen molar-refractivity contribution in [2.75, 3.05) is 7.05 Å². The molecule has 0 atom stereocenters. The molecule has 0 aliphatic heterocycles. The molecule has 0 heterocycles. The molecule has 1 nitrogen and oxygen atoms in total. The van der Waals surface area contributed by atoms with E-state index in [2.05, 4.69) is 24.7 Å². The van der Waals surface area contributed by atoms with Crippen LogP contribution >= 0.6 is 0 Å². The van der Waals surface area contributed by atoms with Crippen molar-refractivity contribution in [3.8, 4) is 0 Å². The Kier molecular flexibility index (Phi) is 5.06. The molecule has 0 fully saturated rings. The van der Waals surface area contributed by atoms with E-state index in [1.165, 1.54) is 0 Å². The van der Waals surface area contributed by atoms with Gasteiger partial charge in [-0.3, -0.25) is 4.99 Å². The third kappa shape index (κ3) is 3.42. The van der Waals surface area contributed by atoms with E-state index >= 15 is 0 Å². The van der Waals surface area contributed by atoms with E-state index in [9.17, 15) is 0 Å². The smallest absolute Gasteiger partial charge is 0.0715 e. The molecule has 0 unspecified atom stereocenters. The second kappa shape index (κ2) is 6.55. The molecule has 1 aromatic carbocycles. The van der Waals surface area contributed by atoms with E-state index in [1.54, 1.807) is 7.05 Å². The lowest BCUT2D eigenvalue weighted by Gasteiger charge is -2.09. The monoisotopic (exact) mass is 237 g/mol. The number of nitrogens with zero attached hydrogens (tertiary/aromatic N) is 1. The molecule has 1 aromatic rings. The third-order valence-corrected chi connectivity index (χ3v) is 2.53. The topological polar surface area (TPSA) is 12.4 Å². The first-order valence-electron chi connectivity index (χ1n) is 5.81. The van der Waals surface area contributed by atoms with E-state index in [0.29, 0.717) is 0 Å². The Balaban J connectivity index is 3.15. The first-order valence-corrected chi connectivity index (χ1v) is 5.81. The maximum absolute atomic E-state index is 4.33. The molecule has 0 bridgehead atoms. The van der Waals surface area contributed by atoms with Crippen LogP contribution in [0.2, 0.25) is 0 Å². The zero-order valence-corrected chi connectivity index (χ0v) is 11.1. The molecule has 0 N–H and O–H groups in total. The molecule has 0 spiro atoms. The predicted octanol–water partition coefficient (Wildman–Crippen LogP) is 4.44. The minimum atomic E-state index is 0.870. The van der Waals surface area contributed by atoms with E-state index in [0.717, 1.165) is 28.0 Å². The van der Waals surface area contributed by atoms with Gasteiger partial charge in [0.25, 0.3) is 0 Å². The van der Waals surface area contributed by atoms with Gasteiger partial charge in [0.2, 0.25) is 0 Å². The summed E-state index contributed by atoms with van der Waals surface area (Å²) in [5.74, 6) is 0. The number of aliphatic imine (C=N–C) groups is 1. The maximum Gasteiger partial charge on any atom is 0.0715 e. The Hall–Kier alpha value is -2.15. The van der Waals surface area contributed by atoms with Crippen LogP contribution in [-0.2, 0) is 0 Å². The van der Waals surface area contributed by atoms with E-state index in [-0.39, 0.29) is 0 Å². The van der Waals surface area contributed by atoms with Gasteiger partial charge in [0.1, 0.15) is 0 Å². The fraction of sp³-hybridized carbons (Fsp3) is 0.118. The molecule has 18 heavy (non-hydrogen) atoms. The predicted molar refractivity (Wildman–Crippen MR) is 82.1 cm³/mol. The largest absolute Gasteiger partial charge is 0.287 e. The Labute approximate surface area is 110 Å². The van der Waals surface area contributed by atoms with Gasteiger partial charge >= 0.3 is 0 Å². The van der Waals surface area contributed by atoms with Gasteiger partial charge in [-0.2, -0.15) is 0 Å².